The smallest absolute Gasteiger partial charge is 0.341 e. The summed E-state index contributed by atoms with van der Waals surface area (Å²) in [7, 11) is 0. The van der Waals surface area contributed by atoms with Gasteiger partial charge in [-0.1, -0.05) is 25.5 Å². The standard InChI is InChI=1S/C29H34F4O3/c1-3-17-5-7-18(8-6-17)21-13-14-22(26(31)25(21)30)19-9-11-20(12-10-19)36-29(34)23-15-16-24(35-4-2)28(33)27(23)32/h13-20H,3-12H2,1-2H3. The maximum atomic E-state index is 15.1. The molecule has 2 aromatic rings. The van der Waals surface area contributed by atoms with Crippen molar-refractivity contribution in [2.45, 2.75) is 89.6 Å². The van der Waals surface area contributed by atoms with Crippen LogP contribution < -0.4 is 4.74 Å². The molecule has 2 aromatic carbocycles. The molecule has 0 atom stereocenters. The third-order valence-electron chi connectivity index (χ3n) is 7.96. The highest BCUT2D eigenvalue weighted by Gasteiger charge is 2.31. The van der Waals surface area contributed by atoms with Crippen LogP contribution >= 0.6 is 0 Å². The first-order valence-corrected chi connectivity index (χ1v) is 13.1. The van der Waals surface area contributed by atoms with Crippen molar-refractivity contribution in [3.8, 4) is 5.75 Å². The summed E-state index contributed by atoms with van der Waals surface area (Å²) in [6.07, 6.45) is 6.41. The highest BCUT2D eigenvalue weighted by Crippen LogP contribution is 2.41. The lowest BCUT2D eigenvalue weighted by Gasteiger charge is -2.30. The van der Waals surface area contributed by atoms with Gasteiger partial charge in [-0.2, -0.15) is 4.39 Å². The summed E-state index contributed by atoms with van der Waals surface area (Å²) >= 11 is 0. The van der Waals surface area contributed by atoms with Gasteiger partial charge in [0.05, 0.1) is 12.2 Å². The predicted octanol–water partition coefficient (Wildman–Crippen LogP) is 8.21. The number of carbonyl (C=O) groups is 1. The van der Waals surface area contributed by atoms with Gasteiger partial charge in [0.1, 0.15) is 6.10 Å². The molecule has 2 saturated carbocycles. The lowest BCUT2D eigenvalue weighted by Crippen LogP contribution is -2.25. The summed E-state index contributed by atoms with van der Waals surface area (Å²) in [4.78, 5) is 12.5. The van der Waals surface area contributed by atoms with Crippen molar-refractivity contribution in [2.75, 3.05) is 6.61 Å². The van der Waals surface area contributed by atoms with Crippen LogP contribution in [0.15, 0.2) is 24.3 Å². The maximum Gasteiger partial charge on any atom is 0.341 e. The first-order chi connectivity index (χ1) is 17.3. The fraction of sp³-hybridized carbons (Fsp3) is 0.552. The lowest BCUT2D eigenvalue weighted by atomic mass is 9.76. The SMILES string of the molecule is CCOc1ccc(C(=O)OC2CCC(c3ccc(C4CCC(CC)CC4)c(F)c3F)CC2)c(F)c1F. The molecule has 2 aliphatic carbocycles. The molecule has 0 radical (unpaired) electrons. The predicted molar refractivity (Wildman–Crippen MR) is 129 cm³/mol. The fourth-order valence-corrected chi connectivity index (χ4v) is 5.75. The summed E-state index contributed by atoms with van der Waals surface area (Å²) in [5.74, 6) is -4.67. The molecule has 0 unspecified atom stereocenters. The van der Waals surface area contributed by atoms with E-state index in [4.69, 9.17) is 9.47 Å². The summed E-state index contributed by atoms with van der Waals surface area (Å²) in [6, 6.07) is 5.81. The molecule has 0 saturated heterocycles. The van der Waals surface area contributed by atoms with Crippen molar-refractivity contribution < 1.29 is 31.8 Å². The molecule has 0 N–H and O–H groups in total. The van der Waals surface area contributed by atoms with E-state index in [0.717, 1.165) is 38.2 Å². The summed E-state index contributed by atoms with van der Waals surface area (Å²) < 4.78 is 69.0. The van der Waals surface area contributed by atoms with Crippen molar-refractivity contribution in [1.29, 1.82) is 0 Å². The molecule has 3 nitrogen and oxygen atoms in total. The van der Waals surface area contributed by atoms with E-state index < -0.39 is 40.9 Å². The average Bonchev–Trinajstić information content (AvgIpc) is 2.89. The van der Waals surface area contributed by atoms with Crippen molar-refractivity contribution >= 4 is 5.97 Å². The molecule has 0 amide bonds. The van der Waals surface area contributed by atoms with Gasteiger partial charge in [-0.15, -0.1) is 0 Å². The molecular formula is C29H34F4O3. The minimum atomic E-state index is -1.31. The van der Waals surface area contributed by atoms with E-state index >= 15 is 8.78 Å². The second-order valence-electron chi connectivity index (χ2n) is 10.0. The highest BCUT2D eigenvalue weighted by atomic mass is 19.2. The zero-order valence-electron chi connectivity index (χ0n) is 20.9. The number of carbonyl (C=O) groups excluding carboxylic acids is 1. The molecule has 0 spiro atoms. The van der Waals surface area contributed by atoms with Crippen LogP contribution in [0.1, 0.15) is 105 Å². The van der Waals surface area contributed by atoms with Gasteiger partial charge < -0.3 is 9.47 Å². The van der Waals surface area contributed by atoms with Gasteiger partial charge in [-0.05, 0) is 99.3 Å². The first kappa shape index (κ1) is 26.5. The third kappa shape index (κ3) is 5.55. The van der Waals surface area contributed by atoms with Crippen LogP contribution in [-0.4, -0.2) is 18.7 Å². The highest BCUT2D eigenvalue weighted by molar-refractivity contribution is 5.90. The minimum absolute atomic E-state index is 0.0688. The van der Waals surface area contributed by atoms with Gasteiger partial charge in [0.2, 0.25) is 5.82 Å². The number of hydrogen-bond donors (Lipinski definition) is 0. The van der Waals surface area contributed by atoms with E-state index in [1.54, 1.807) is 19.1 Å². The molecule has 0 aromatic heterocycles. The second-order valence-corrected chi connectivity index (χ2v) is 10.0. The van der Waals surface area contributed by atoms with Crippen LogP contribution in [0.5, 0.6) is 5.75 Å². The van der Waals surface area contributed by atoms with Gasteiger partial charge in [0.25, 0.3) is 0 Å². The Morgan fingerprint density at radius 2 is 1.31 bits per heavy atom. The fourth-order valence-electron chi connectivity index (χ4n) is 5.75. The first-order valence-electron chi connectivity index (χ1n) is 13.1. The van der Waals surface area contributed by atoms with E-state index in [-0.39, 0.29) is 24.2 Å². The molecule has 2 fully saturated rings. The third-order valence-corrected chi connectivity index (χ3v) is 7.96. The number of esters is 1. The number of rotatable bonds is 7. The molecule has 0 heterocycles. The van der Waals surface area contributed by atoms with Crippen molar-refractivity contribution in [3.05, 3.63) is 64.2 Å². The Morgan fingerprint density at radius 3 is 1.83 bits per heavy atom. The van der Waals surface area contributed by atoms with Gasteiger partial charge in [0, 0.05) is 0 Å². The van der Waals surface area contributed by atoms with Gasteiger partial charge >= 0.3 is 5.97 Å². The molecular weight excluding hydrogens is 472 g/mol. The number of ether oxygens (including phenoxy) is 2. The molecule has 196 valence electrons. The Kier molecular flexibility index (Phi) is 8.58. The lowest BCUT2D eigenvalue weighted by molar-refractivity contribution is 0.0188. The van der Waals surface area contributed by atoms with Crippen molar-refractivity contribution in [2.24, 2.45) is 5.92 Å². The number of benzene rings is 2. The Balaban J connectivity index is 1.36. The van der Waals surface area contributed by atoms with Gasteiger partial charge in [0.15, 0.2) is 23.2 Å². The molecule has 4 rings (SSSR count). The normalized spacial score (nSPS) is 24.4. The van der Waals surface area contributed by atoms with E-state index in [1.807, 2.05) is 0 Å². The quantitative estimate of drug-likeness (QED) is 0.280. The van der Waals surface area contributed by atoms with Crippen LogP contribution in [0.25, 0.3) is 0 Å². The Hall–Kier alpha value is -2.57. The van der Waals surface area contributed by atoms with Crippen LogP contribution in [-0.2, 0) is 4.74 Å². The Morgan fingerprint density at radius 1 is 0.750 bits per heavy atom. The molecule has 0 aliphatic heterocycles. The Labute approximate surface area is 210 Å². The van der Waals surface area contributed by atoms with E-state index in [0.29, 0.717) is 42.7 Å². The van der Waals surface area contributed by atoms with Crippen molar-refractivity contribution in [1.82, 2.24) is 0 Å². The second kappa shape index (κ2) is 11.7. The molecule has 0 bridgehead atoms. The zero-order valence-corrected chi connectivity index (χ0v) is 20.9. The zero-order chi connectivity index (χ0) is 25.8. The average molecular weight is 507 g/mol. The Bertz CT molecular complexity index is 1070. The molecule has 36 heavy (non-hydrogen) atoms. The monoisotopic (exact) mass is 506 g/mol. The van der Waals surface area contributed by atoms with Crippen molar-refractivity contribution in [3.63, 3.8) is 0 Å². The minimum Gasteiger partial charge on any atom is -0.491 e. The van der Waals surface area contributed by atoms with Crippen LogP contribution in [0.2, 0.25) is 0 Å². The number of hydrogen-bond acceptors (Lipinski definition) is 3. The van der Waals surface area contributed by atoms with E-state index in [1.165, 1.54) is 6.07 Å². The van der Waals surface area contributed by atoms with Crippen LogP contribution in [0.3, 0.4) is 0 Å². The van der Waals surface area contributed by atoms with E-state index in [9.17, 15) is 13.6 Å². The maximum absolute atomic E-state index is 15.1. The van der Waals surface area contributed by atoms with Gasteiger partial charge in [-0.3, -0.25) is 0 Å². The molecule has 7 heteroatoms. The topological polar surface area (TPSA) is 35.5 Å². The van der Waals surface area contributed by atoms with Crippen LogP contribution in [0.4, 0.5) is 17.6 Å². The molecule has 2 aliphatic rings. The summed E-state index contributed by atoms with van der Waals surface area (Å²) in [6.45, 7) is 3.98. The largest absolute Gasteiger partial charge is 0.491 e. The summed E-state index contributed by atoms with van der Waals surface area (Å²) in [5, 5.41) is 0. The van der Waals surface area contributed by atoms with Crippen LogP contribution in [0, 0.1) is 29.2 Å². The van der Waals surface area contributed by atoms with Gasteiger partial charge in [-0.25, -0.2) is 18.0 Å². The number of halogens is 4. The summed E-state index contributed by atoms with van der Waals surface area (Å²) in [5.41, 5.74) is 0.357. The van der Waals surface area contributed by atoms with E-state index in [2.05, 4.69) is 6.92 Å².